The van der Waals surface area contributed by atoms with Crippen LogP contribution in [0.5, 0.6) is 5.75 Å². The number of benzene rings is 1. The van der Waals surface area contributed by atoms with Crippen LogP contribution < -0.4 is 4.74 Å². The number of hydrogen-bond acceptors (Lipinski definition) is 3. The van der Waals surface area contributed by atoms with Gasteiger partial charge in [0.05, 0.1) is 6.61 Å². The van der Waals surface area contributed by atoms with E-state index in [-0.39, 0.29) is 0 Å². The molecule has 0 spiro atoms. The van der Waals surface area contributed by atoms with Crippen molar-refractivity contribution in [2.24, 2.45) is 11.8 Å². The maximum atomic E-state index is 5.98. The van der Waals surface area contributed by atoms with Crippen molar-refractivity contribution >= 4 is 23.5 Å². The van der Waals surface area contributed by atoms with Crippen LogP contribution in [-0.2, 0) is 0 Å². The van der Waals surface area contributed by atoms with E-state index in [1.54, 1.807) is 0 Å². The van der Waals surface area contributed by atoms with Gasteiger partial charge in [0, 0.05) is 17.0 Å². The Hall–Kier alpha value is -1.22. The van der Waals surface area contributed by atoms with Crippen molar-refractivity contribution in [2.45, 2.75) is 20.8 Å². The Balaban J connectivity index is 2.23. The highest BCUT2D eigenvalue weighted by molar-refractivity contribution is 7.80. The molecule has 2 aromatic rings. The molecule has 0 aliphatic heterocycles. The van der Waals surface area contributed by atoms with Crippen molar-refractivity contribution < 1.29 is 4.74 Å². The van der Waals surface area contributed by atoms with Gasteiger partial charge in [-0.1, -0.05) is 32.0 Å². The normalized spacial score (nSPS) is 12.9. The summed E-state index contributed by atoms with van der Waals surface area (Å²) in [7, 11) is 0. The molecule has 1 atom stereocenters. The summed E-state index contributed by atoms with van der Waals surface area (Å²) in [6, 6.07) is 10.2. The Morgan fingerprint density at radius 3 is 2.68 bits per heavy atom. The zero-order chi connectivity index (χ0) is 13.8. The minimum Gasteiger partial charge on any atom is -0.491 e. The molecule has 0 fully saturated rings. The quantitative estimate of drug-likeness (QED) is 0.829. The molecule has 1 unspecified atom stereocenters. The van der Waals surface area contributed by atoms with E-state index in [9.17, 15) is 0 Å². The first kappa shape index (κ1) is 14.2. The number of aromatic nitrogens is 1. The lowest BCUT2D eigenvalue weighted by molar-refractivity contribution is 0.229. The zero-order valence-electron chi connectivity index (χ0n) is 11.8. The van der Waals surface area contributed by atoms with E-state index in [0.717, 1.165) is 28.1 Å². The Morgan fingerprint density at radius 1 is 1.21 bits per heavy atom. The predicted octanol–water partition coefficient (Wildman–Crippen LogP) is 4.12. The van der Waals surface area contributed by atoms with E-state index in [4.69, 9.17) is 4.74 Å². The van der Waals surface area contributed by atoms with Gasteiger partial charge in [-0.3, -0.25) is 0 Å². The minimum atomic E-state index is 0.461. The molecular formula is C16H21NOS. The van der Waals surface area contributed by atoms with Crippen LogP contribution >= 0.6 is 12.6 Å². The number of nitrogens with zero attached hydrogens (tertiary/aromatic N) is 1. The fourth-order valence-corrected chi connectivity index (χ4v) is 2.51. The average molecular weight is 275 g/mol. The molecular weight excluding hydrogens is 254 g/mol. The lowest BCUT2D eigenvalue weighted by atomic mass is 9.99. The van der Waals surface area contributed by atoms with Crippen LogP contribution in [0.15, 0.2) is 30.3 Å². The summed E-state index contributed by atoms with van der Waals surface area (Å²) in [5.74, 6) is 2.74. The number of aryl methyl sites for hydroxylation is 1. The van der Waals surface area contributed by atoms with Crippen molar-refractivity contribution in [3.63, 3.8) is 0 Å². The first-order chi connectivity index (χ1) is 9.11. The monoisotopic (exact) mass is 275 g/mol. The van der Waals surface area contributed by atoms with Crippen molar-refractivity contribution in [1.82, 2.24) is 4.98 Å². The third-order valence-electron chi connectivity index (χ3n) is 3.45. The zero-order valence-corrected chi connectivity index (χ0v) is 12.7. The summed E-state index contributed by atoms with van der Waals surface area (Å²) in [6.07, 6.45) is 0. The van der Waals surface area contributed by atoms with Crippen LogP contribution in [0.4, 0.5) is 0 Å². The van der Waals surface area contributed by atoms with Crippen LogP contribution in [0.3, 0.4) is 0 Å². The van der Waals surface area contributed by atoms with E-state index in [1.807, 2.05) is 25.1 Å². The fraction of sp³-hybridized carbons (Fsp3) is 0.438. The lowest BCUT2D eigenvalue weighted by Gasteiger charge is -2.19. The topological polar surface area (TPSA) is 22.1 Å². The van der Waals surface area contributed by atoms with Crippen LogP contribution in [0, 0.1) is 18.8 Å². The Labute approximate surface area is 120 Å². The van der Waals surface area contributed by atoms with Gasteiger partial charge >= 0.3 is 0 Å². The summed E-state index contributed by atoms with van der Waals surface area (Å²) in [6.45, 7) is 7.10. The van der Waals surface area contributed by atoms with Gasteiger partial charge in [0.15, 0.2) is 0 Å². The van der Waals surface area contributed by atoms with Crippen LogP contribution in [0.25, 0.3) is 10.9 Å². The summed E-state index contributed by atoms with van der Waals surface area (Å²) >= 11 is 4.40. The maximum absolute atomic E-state index is 5.98. The van der Waals surface area contributed by atoms with E-state index in [2.05, 4.69) is 43.6 Å². The molecule has 19 heavy (non-hydrogen) atoms. The second-order valence-corrected chi connectivity index (χ2v) is 5.64. The summed E-state index contributed by atoms with van der Waals surface area (Å²) in [4.78, 5) is 4.58. The summed E-state index contributed by atoms with van der Waals surface area (Å²) in [5, 5.41) is 1.12. The van der Waals surface area contributed by atoms with Crippen molar-refractivity contribution in [2.75, 3.05) is 12.4 Å². The molecule has 0 N–H and O–H groups in total. The first-order valence-electron chi connectivity index (χ1n) is 6.72. The van der Waals surface area contributed by atoms with Gasteiger partial charge in [-0.25, -0.2) is 4.98 Å². The predicted molar refractivity (Wildman–Crippen MR) is 84.2 cm³/mol. The SMILES string of the molecule is Cc1ccc2cccc(OCC(CS)C(C)C)c2n1. The molecule has 0 saturated heterocycles. The lowest BCUT2D eigenvalue weighted by Crippen LogP contribution is -2.19. The fourth-order valence-electron chi connectivity index (χ4n) is 1.99. The molecule has 2 nitrogen and oxygen atoms in total. The van der Waals surface area contributed by atoms with E-state index < -0.39 is 0 Å². The molecule has 0 bridgehead atoms. The summed E-state index contributed by atoms with van der Waals surface area (Å²) in [5.41, 5.74) is 1.96. The average Bonchev–Trinajstić information content (AvgIpc) is 2.39. The van der Waals surface area contributed by atoms with Gasteiger partial charge < -0.3 is 4.74 Å². The molecule has 0 amide bonds. The van der Waals surface area contributed by atoms with Crippen molar-refractivity contribution in [3.8, 4) is 5.75 Å². The Morgan fingerprint density at radius 2 is 2.00 bits per heavy atom. The number of ether oxygens (including phenoxy) is 1. The highest BCUT2D eigenvalue weighted by Gasteiger charge is 2.13. The molecule has 3 heteroatoms. The number of thiol groups is 1. The first-order valence-corrected chi connectivity index (χ1v) is 7.35. The van der Waals surface area contributed by atoms with E-state index >= 15 is 0 Å². The van der Waals surface area contributed by atoms with Crippen LogP contribution in [-0.4, -0.2) is 17.3 Å². The second-order valence-electron chi connectivity index (χ2n) is 5.28. The number of fused-ring (bicyclic) bond motifs is 1. The highest BCUT2D eigenvalue weighted by Crippen LogP contribution is 2.25. The molecule has 0 radical (unpaired) electrons. The number of pyridine rings is 1. The molecule has 102 valence electrons. The summed E-state index contributed by atoms with van der Waals surface area (Å²) < 4.78 is 5.98. The molecule has 0 aliphatic carbocycles. The largest absolute Gasteiger partial charge is 0.491 e. The van der Waals surface area contributed by atoms with Gasteiger partial charge in [-0.2, -0.15) is 12.6 Å². The molecule has 1 heterocycles. The smallest absolute Gasteiger partial charge is 0.145 e. The number of rotatable bonds is 5. The highest BCUT2D eigenvalue weighted by atomic mass is 32.1. The second kappa shape index (κ2) is 6.29. The molecule has 0 saturated carbocycles. The molecule has 0 aliphatic rings. The molecule has 2 rings (SSSR count). The minimum absolute atomic E-state index is 0.461. The Kier molecular flexibility index (Phi) is 4.70. The van der Waals surface area contributed by atoms with Crippen molar-refractivity contribution in [3.05, 3.63) is 36.0 Å². The third-order valence-corrected chi connectivity index (χ3v) is 3.92. The maximum Gasteiger partial charge on any atom is 0.145 e. The van der Waals surface area contributed by atoms with Gasteiger partial charge in [-0.05, 0) is 30.7 Å². The van der Waals surface area contributed by atoms with Gasteiger partial charge in [0.2, 0.25) is 0 Å². The third kappa shape index (κ3) is 3.41. The van der Waals surface area contributed by atoms with Crippen molar-refractivity contribution in [1.29, 1.82) is 0 Å². The van der Waals surface area contributed by atoms with Crippen LogP contribution in [0.2, 0.25) is 0 Å². The molecule has 1 aromatic heterocycles. The van der Waals surface area contributed by atoms with Gasteiger partial charge in [0.25, 0.3) is 0 Å². The Bertz CT molecular complexity index is 553. The van der Waals surface area contributed by atoms with Gasteiger partial charge in [-0.15, -0.1) is 0 Å². The molecule has 1 aromatic carbocycles. The number of para-hydroxylation sites is 1. The number of hydrogen-bond donors (Lipinski definition) is 1. The van der Waals surface area contributed by atoms with Crippen LogP contribution in [0.1, 0.15) is 19.5 Å². The van der Waals surface area contributed by atoms with E-state index in [1.165, 1.54) is 0 Å². The standard InChI is InChI=1S/C16H21NOS/c1-11(2)14(10-19)9-18-15-6-4-5-13-8-7-12(3)17-16(13)15/h4-8,11,14,19H,9-10H2,1-3H3. The van der Waals surface area contributed by atoms with E-state index in [0.29, 0.717) is 18.4 Å². The van der Waals surface area contributed by atoms with Gasteiger partial charge in [0.1, 0.15) is 11.3 Å².